The monoisotopic (exact) mass is 331 g/mol. The van der Waals surface area contributed by atoms with E-state index in [0.717, 1.165) is 18.5 Å². The number of hydrazine groups is 1. The summed E-state index contributed by atoms with van der Waals surface area (Å²) in [5, 5.41) is 10.3. The van der Waals surface area contributed by atoms with E-state index >= 15 is 0 Å². The first-order valence-electron chi connectivity index (χ1n) is 7.51. The molecular weight excluding hydrogens is 310 g/mol. The summed E-state index contributed by atoms with van der Waals surface area (Å²) >= 11 is 5.09. The molecule has 2 rings (SSSR count). The van der Waals surface area contributed by atoms with Gasteiger partial charge in [0.05, 0.1) is 5.69 Å². The third kappa shape index (κ3) is 5.37. The number of aromatic amines is 1. The molecule has 2 aromatic rings. The minimum absolute atomic E-state index is 0.326. The number of thiocarbonyl (C=S) groups is 1. The SMILES string of the molecule is CC(C)CCNC(=S)NNC(=O)c1cc(-c2ccccc2)n[nH]1. The second-order valence-electron chi connectivity index (χ2n) is 5.55. The van der Waals surface area contributed by atoms with Crippen molar-refractivity contribution in [1.29, 1.82) is 0 Å². The maximum Gasteiger partial charge on any atom is 0.287 e. The van der Waals surface area contributed by atoms with Gasteiger partial charge in [0.1, 0.15) is 5.69 Å². The van der Waals surface area contributed by atoms with Gasteiger partial charge in [-0.05, 0) is 30.6 Å². The van der Waals surface area contributed by atoms with Crippen molar-refractivity contribution >= 4 is 23.2 Å². The Hall–Kier alpha value is -2.41. The fraction of sp³-hybridized carbons (Fsp3) is 0.312. The fourth-order valence-electron chi connectivity index (χ4n) is 1.89. The summed E-state index contributed by atoms with van der Waals surface area (Å²) in [5.41, 5.74) is 7.24. The van der Waals surface area contributed by atoms with Gasteiger partial charge < -0.3 is 5.32 Å². The number of nitrogens with zero attached hydrogens (tertiary/aromatic N) is 1. The summed E-state index contributed by atoms with van der Waals surface area (Å²) in [5.74, 6) is 0.272. The molecule has 0 atom stereocenters. The molecule has 0 unspecified atom stereocenters. The molecule has 122 valence electrons. The Bertz CT molecular complexity index is 654. The number of amides is 1. The highest BCUT2D eigenvalue weighted by atomic mass is 32.1. The molecule has 1 amide bonds. The van der Waals surface area contributed by atoms with Gasteiger partial charge in [0.15, 0.2) is 5.11 Å². The first-order valence-corrected chi connectivity index (χ1v) is 7.92. The minimum Gasteiger partial charge on any atom is -0.361 e. The summed E-state index contributed by atoms with van der Waals surface area (Å²) in [6, 6.07) is 11.3. The van der Waals surface area contributed by atoms with Gasteiger partial charge in [-0.15, -0.1) is 0 Å². The zero-order valence-electron chi connectivity index (χ0n) is 13.2. The zero-order valence-corrected chi connectivity index (χ0v) is 14.0. The standard InChI is InChI=1S/C16H21N5OS/c1-11(2)8-9-17-16(23)21-20-15(22)14-10-13(18-19-14)12-6-4-3-5-7-12/h3-7,10-11H,8-9H2,1-2H3,(H,18,19)(H,20,22)(H2,17,21,23). The van der Waals surface area contributed by atoms with Crippen LogP contribution in [-0.2, 0) is 0 Å². The van der Waals surface area contributed by atoms with E-state index in [1.54, 1.807) is 6.07 Å². The molecule has 0 saturated carbocycles. The van der Waals surface area contributed by atoms with Crippen molar-refractivity contribution in [3.63, 3.8) is 0 Å². The topological polar surface area (TPSA) is 81.8 Å². The predicted molar refractivity (Wildman–Crippen MR) is 94.7 cm³/mol. The van der Waals surface area contributed by atoms with Crippen LogP contribution in [0.25, 0.3) is 11.3 Å². The van der Waals surface area contributed by atoms with E-state index in [9.17, 15) is 4.79 Å². The largest absolute Gasteiger partial charge is 0.361 e. The molecule has 0 fully saturated rings. The van der Waals surface area contributed by atoms with E-state index in [0.29, 0.717) is 22.4 Å². The molecule has 0 radical (unpaired) electrons. The lowest BCUT2D eigenvalue weighted by Gasteiger charge is -2.11. The van der Waals surface area contributed by atoms with Crippen molar-refractivity contribution < 1.29 is 4.79 Å². The third-order valence-corrected chi connectivity index (χ3v) is 3.44. The molecule has 0 bridgehead atoms. The summed E-state index contributed by atoms with van der Waals surface area (Å²) < 4.78 is 0. The highest BCUT2D eigenvalue weighted by Crippen LogP contribution is 2.16. The van der Waals surface area contributed by atoms with Crippen molar-refractivity contribution in [2.45, 2.75) is 20.3 Å². The van der Waals surface area contributed by atoms with Gasteiger partial charge in [-0.1, -0.05) is 44.2 Å². The smallest absolute Gasteiger partial charge is 0.287 e. The van der Waals surface area contributed by atoms with Crippen LogP contribution in [0.5, 0.6) is 0 Å². The van der Waals surface area contributed by atoms with Crippen molar-refractivity contribution in [1.82, 2.24) is 26.4 Å². The Morgan fingerprint density at radius 2 is 2.00 bits per heavy atom. The number of nitrogens with one attached hydrogen (secondary N) is 4. The van der Waals surface area contributed by atoms with Gasteiger partial charge >= 0.3 is 0 Å². The molecule has 23 heavy (non-hydrogen) atoms. The highest BCUT2D eigenvalue weighted by molar-refractivity contribution is 7.80. The maximum absolute atomic E-state index is 12.0. The zero-order chi connectivity index (χ0) is 16.7. The van der Waals surface area contributed by atoms with E-state index in [1.165, 1.54) is 0 Å². The molecule has 4 N–H and O–H groups in total. The maximum atomic E-state index is 12.0. The molecule has 6 nitrogen and oxygen atoms in total. The van der Waals surface area contributed by atoms with Crippen LogP contribution in [0.3, 0.4) is 0 Å². The van der Waals surface area contributed by atoms with E-state index < -0.39 is 0 Å². The number of rotatable bonds is 5. The van der Waals surface area contributed by atoms with Crippen LogP contribution in [0.2, 0.25) is 0 Å². The normalized spacial score (nSPS) is 10.4. The molecule has 0 aliphatic heterocycles. The van der Waals surface area contributed by atoms with Crippen LogP contribution in [-0.4, -0.2) is 27.8 Å². The van der Waals surface area contributed by atoms with Gasteiger partial charge in [-0.2, -0.15) is 5.10 Å². The second-order valence-corrected chi connectivity index (χ2v) is 5.96. The third-order valence-electron chi connectivity index (χ3n) is 3.19. The summed E-state index contributed by atoms with van der Waals surface area (Å²) in [4.78, 5) is 12.0. The molecular formula is C16H21N5OS. The summed E-state index contributed by atoms with van der Waals surface area (Å²) in [6.07, 6.45) is 1.01. The number of benzene rings is 1. The summed E-state index contributed by atoms with van der Waals surface area (Å²) in [7, 11) is 0. The average molecular weight is 331 g/mol. The minimum atomic E-state index is -0.326. The van der Waals surface area contributed by atoms with Crippen LogP contribution in [0.15, 0.2) is 36.4 Å². The Kier molecular flexibility index (Phi) is 6.10. The van der Waals surface area contributed by atoms with Crippen LogP contribution >= 0.6 is 12.2 Å². The van der Waals surface area contributed by atoms with E-state index in [4.69, 9.17) is 12.2 Å². The van der Waals surface area contributed by atoms with E-state index in [1.807, 2.05) is 30.3 Å². The van der Waals surface area contributed by atoms with E-state index in [2.05, 4.69) is 40.2 Å². The predicted octanol–water partition coefficient (Wildman–Crippen LogP) is 2.23. The Balaban J connectivity index is 1.82. The van der Waals surface area contributed by atoms with Gasteiger partial charge in [-0.3, -0.25) is 20.7 Å². The van der Waals surface area contributed by atoms with Crippen LogP contribution in [0.1, 0.15) is 30.8 Å². The Morgan fingerprint density at radius 1 is 1.26 bits per heavy atom. The summed E-state index contributed by atoms with van der Waals surface area (Å²) in [6.45, 7) is 5.05. The lowest BCUT2D eigenvalue weighted by atomic mass is 10.1. The van der Waals surface area contributed by atoms with Gasteiger partial charge in [0.2, 0.25) is 0 Å². The molecule has 0 spiro atoms. The first-order chi connectivity index (χ1) is 11.1. The van der Waals surface area contributed by atoms with Crippen molar-refractivity contribution in [3.05, 3.63) is 42.1 Å². The van der Waals surface area contributed by atoms with Crippen LogP contribution in [0, 0.1) is 5.92 Å². The average Bonchev–Trinajstić information content (AvgIpc) is 3.03. The number of carbonyl (C=O) groups is 1. The number of H-pyrrole nitrogens is 1. The number of hydrogen-bond donors (Lipinski definition) is 4. The molecule has 0 saturated heterocycles. The Labute approximate surface area is 141 Å². The van der Waals surface area contributed by atoms with Crippen LogP contribution in [0.4, 0.5) is 0 Å². The quantitative estimate of drug-likeness (QED) is 0.499. The molecule has 0 aliphatic rings. The molecule has 0 aliphatic carbocycles. The fourth-order valence-corrected chi connectivity index (χ4v) is 2.05. The van der Waals surface area contributed by atoms with Crippen molar-refractivity contribution in [3.8, 4) is 11.3 Å². The van der Waals surface area contributed by atoms with Crippen molar-refractivity contribution in [2.75, 3.05) is 6.54 Å². The number of carbonyl (C=O) groups excluding carboxylic acids is 1. The van der Waals surface area contributed by atoms with E-state index in [-0.39, 0.29) is 5.91 Å². The first kappa shape index (κ1) is 17.0. The molecule has 1 heterocycles. The lowest BCUT2D eigenvalue weighted by molar-refractivity contribution is 0.0938. The van der Waals surface area contributed by atoms with Gasteiger partial charge in [-0.25, -0.2) is 0 Å². The van der Waals surface area contributed by atoms with Gasteiger partial charge in [0.25, 0.3) is 5.91 Å². The second kappa shape index (κ2) is 8.28. The van der Waals surface area contributed by atoms with Gasteiger partial charge in [0, 0.05) is 12.1 Å². The molecule has 1 aromatic carbocycles. The number of aromatic nitrogens is 2. The van der Waals surface area contributed by atoms with Crippen LogP contribution < -0.4 is 16.2 Å². The molecule has 7 heteroatoms. The number of hydrogen-bond acceptors (Lipinski definition) is 3. The Morgan fingerprint density at radius 3 is 2.70 bits per heavy atom. The lowest BCUT2D eigenvalue weighted by Crippen LogP contribution is -2.47. The highest BCUT2D eigenvalue weighted by Gasteiger charge is 2.11. The van der Waals surface area contributed by atoms with Crippen molar-refractivity contribution in [2.24, 2.45) is 5.92 Å². The molecule has 1 aromatic heterocycles.